The summed E-state index contributed by atoms with van der Waals surface area (Å²) >= 11 is 0. The van der Waals surface area contributed by atoms with Crippen LogP contribution in [0, 0.1) is 0 Å². The maximum Gasteiger partial charge on any atom is 0.266 e. The van der Waals surface area contributed by atoms with Crippen LogP contribution in [0.3, 0.4) is 0 Å². The Labute approximate surface area is 119 Å². The van der Waals surface area contributed by atoms with Crippen LogP contribution < -0.4 is 11.3 Å². The molecule has 6 heteroatoms. The lowest BCUT2D eigenvalue weighted by Gasteiger charge is -2.38. The Kier molecular flexibility index (Phi) is 5.05. The SMILES string of the molecule is CCC1COC(C)CN1Cc1ccc(C(=O)NN)cn1. The fourth-order valence-corrected chi connectivity index (χ4v) is 2.43. The summed E-state index contributed by atoms with van der Waals surface area (Å²) in [6.45, 7) is 6.70. The summed E-state index contributed by atoms with van der Waals surface area (Å²) < 4.78 is 5.69. The van der Waals surface area contributed by atoms with Crippen LogP contribution in [0.4, 0.5) is 0 Å². The van der Waals surface area contributed by atoms with E-state index in [1.54, 1.807) is 12.3 Å². The lowest BCUT2D eigenvalue weighted by Crippen LogP contribution is -2.48. The number of amides is 1. The van der Waals surface area contributed by atoms with Crippen molar-refractivity contribution in [3.05, 3.63) is 29.6 Å². The third-order valence-electron chi connectivity index (χ3n) is 3.64. The topological polar surface area (TPSA) is 80.5 Å². The molecule has 2 heterocycles. The van der Waals surface area contributed by atoms with Crippen LogP contribution in [0.1, 0.15) is 36.3 Å². The Balaban J connectivity index is 2.02. The van der Waals surface area contributed by atoms with Gasteiger partial charge in [-0.25, -0.2) is 5.84 Å². The van der Waals surface area contributed by atoms with E-state index in [0.717, 1.165) is 31.8 Å². The summed E-state index contributed by atoms with van der Waals surface area (Å²) in [5.74, 6) is 4.77. The predicted molar refractivity (Wildman–Crippen MR) is 75.8 cm³/mol. The number of hydrazine groups is 1. The van der Waals surface area contributed by atoms with Gasteiger partial charge in [0.2, 0.25) is 0 Å². The van der Waals surface area contributed by atoms with Crippen LogP contribution in [0.2, 0.25) is 0 Å². The Morgan fingerprint density at radius 1 is 1.60 bits per heavy atom. The number of carbonyl (C=O) groups is 1. The molecule has 1 amide bonds. The second kappa shape index (κ2) is 6.78. The number of nitrogen functional groups attached to an aromatic ring is 1. The molecule has 2 unspecified atom stereocenters. The number of ether oxygens (including phenoxy) is 1. The highest BCUT2D eigenvalue weighted by Crippen LogP contribution is 2.17. The van der Waals surface area contributed by atoms with Crippen molar-refractivity contribution in [1.29, 1.82) is 0 Å². The van der Waals surface area contributed by atoms with Gasteiger partial charge in [0.15, 0.2) is 0 Å². The summed E-state index contributed by atoms with van der Waals surface area (Å²) in [7, 11) is 0. The molecular weight excluding hydrogens is 256 g/mol. The number of nitrogens with one attached hydrogen (secondary N) is 1. The zero-order valence-corrected chi connectivity index (χ0v) is 12.0. The highest BCUT2D eigenvalue weighted by Gasteiger charge is 2.25. The van der Waals surface area contributed by atoms with Crippen molar-refractivity contribution in [2.45, 2.75) is 39.0 Å². The normalized spacial score (nSPS) is 23.6. The van der Waals surface area contributed by atoms with Crippen molar-refractivity contribution < 1.29 is 9.53 Å². The molecule has 2 atom stereocenters. The zero-order valence-electron chi connectivity index (χ0n) is 12.0. The van der Waals surface area contributed by atoms with Gasteiger partial charge in [-0.1, -0.05) is 6.92 Å². The van der Waals surface area contributed by atoms with Gasteiger partial charge in [0.25, 0.3) is 5.91 Å². The van der Waals surface area contributed by atoms with E-state index in [1.807, 2.05) is 6.07 Å². The smallest absolute Gasteiger partial charge is 0.266 e. The number of morpholine rings is 1. The number of hydrogen-bond donors (Lipinski definition) is 2. The van der Waals surface area contributed by atoms with Crippen molar-refractivity contribution in [3.8, 4) is 0 Å². The second-order valence-electron chi connectivity index (χ2n) is 5.15. The Hall–Kier alpha value is -1.50. The molecule has 0 radical (unpaired) electrons. The van der Waals surface area contributed by atoms with Gasteiger partial charge >= 0.3 is 0 Å². The van der Waals surface area contributed by atoms with Gasteiger partial charge in [-0.2, -0.15) is 0 Å². The number of hydrogen-bond acceptors (Lipinski definition) is 5. The minimum atomic E-state index is -0.324. The van der Waals surface area contributed by atoms with E-state index in [9.17, 15) is 4.79 Å². The molecule has 2 rings (SSSR count). The first-order valence-corrected chi connectivity index (χ1v) is 6.95. The molecular formula is C14H22N4O2. The minimum Gasteiger partial charge on any atom is -0.376 e. The fourth-order valence-electron chi connectivity index (χ4n) is 2.43. The molecule has 0 spiro atoms. The number of nitrogens with two attached hydrogens (primary N) is 1. The molecule has 1 aromatic heterocycles. The molecule has 0 aromatic carbocycles. The predicted octanol–water partition coefficient (Wildman–Crippen LogP) is 0.684. The Morgan fingerprint density at radius 3 is 3.00 bits per heavy atom. The van der Waals surface area contributed by atoms with Gasteiger partial charge in [-0.3, -0.25) is 20.1 Å². The molecule has 0 saturated carbocycles. The molecule has 3 N–H and O–H groups in total. The number of carbonyl (C=O) groups excluding carboxylic acids is 1. The Bertz CT molecular complexity index is 449. The number of nitrogens with zero attached hydrogens (tertiary/aromatic N) is 2. The van der Waals surface area contributed by atoms with Gasteiger partial charge in [-0.05, 0) is 25.5 Å². The van der Waals surface area contributed by atoms with Crippen LogP contribution in [-0.4, -0.2) is 41.1 Å². The highest BCUT2D eigenvalue weighted by molar-refractivity contribution is 5.93. The monoisotopic (exact) mass is 278 g/mol. The molecule has 1 aliphatic heterocycles. The maximum atomic E-state index is 11.4. The fraction of sp³-hybridized carbons (Fsp3) is 0.571. The number of aromatic nitrogens is 1. The van der Waals surface area contributed by atoms with Gasteiger partial charge in [0.1, 0.15) is 0 Å². The molecule has 1 saturated heterocycles. The number of rotatable bonds is 4. The first-order valence-electron chi connectivity index (χ1n) is 6.95. The van der Waals surface area contributed by atoms with E-state index in [0.29, 0.717) is 11.6 Å². The first kappa shape index (κ1) is 14.9. The lowest BCUT2D eigenvalue weighted by atomic mass is 10.1. The average molecular weight is 278 g/mol. The van der Waals surface area contributed by atoms with Gasteiger partial charge < -0.3 is 4.74 Å². The van der Waals surface area contributed by atoms with Crippen molar-refractivity contribution in [2.75, 3.05) is 13.2 Å². The van der Waals surface area contributed by atoms with E-state index < -0.39 is 0 Å². The molecule has 0 aliphatic carbocycles. The molecule has 1 aliphatic rings. The van der Waals surface area contributed by atoms with Gasteiger partial charge in [-0.15, -0.1) is 0 Å². The summed E-state index contributed by atoms with van der Waals surface area (Å²) in [6.07, 6.45) is 2.86. The van der Waals surface area contributed by atoms with Crippen LogP contribution >= 0.6 is 0 Å². The summed E-state index contributed by atoms with van der Waals surface area (Å²) in [5, 5.41) is 0. The van der Waals surface area contributed by atoms with Crippen LogP contribution in [-0.2, 0) is 11.3 Å². The minimum absolute atomic E-state index is 0.250. The molecule has 6 nitrogen and oxygen atoms in total. The van der Waals surface area contributed by atoms with Crippen LogP contribution in [0.5, 0.6) is 0 Å². The third-order valence-corrected chi connectivity index (χ3v) is 3.64. The summed E-state index contributed by atoms with van der Waals surface area (Å²) in [4.78, 5) is 18.1. The van der Waals surface area contributed by atoms with Crippen LogP contribution in [0.15, 0.2) is 18.3 Å². The molecule has 20 heavy (non-hydrogen) atoms. The van der Waals surface area contributed by atoms with Crippen LogP contribution in [0.25, 0.3) is 0 Å². The van der Waals surface area contributed by atoms with E-state index in [-0.39, 0.29) is 12.0 Å². The van der Waals surface area contributed by atoms with Crippen molar-refractivity contribution in [3.63, 3.8) is 0 Å². The van der Waals surface area contributed by atoms with E-state index in [4.69, 9.17) is 10.6 Å². The van der Waals surface area contributed by atoms with E-state index in [1.165, 1.54) is 0 Å². The first-order chi connectivity index (χ1) is 9.63. The summed E-state index contributed by atoms with van der Waals surface area (Å²) in [5.41, 5.74) is 3.52. The van der Waals surface area contributed by atoms with Crippen molar-refractivity contribution in [1.82, 2.24) is 15.3 Å². The molecule has 0 bridgehead atoms. The summed E-state index contributed by atoms with van der Waals surface area (Å²) in [6, 6.07) is 4.05. The van der Waals surface area contributed by atoms with Crippen molar-refractivity contribution in [2.24, 2.45) is 5.84 Å². The standard InChI is InChI=1S/C14H22N4O2/c1-3-13-9-20-10(2)7-18(13)8-12-5-4-11(6-16-12)14(19)17-15/h4-6,10,13H,3,7-9,15H2,1-2H3,(H,17,19). The van der Waals surface area contributed by atoms with Gasteiger partial charge in [0.05, 0.1) is 24.0 Å². The van der Waals surface area contributed by atoms with Gasteiger partial charge in [0, 0.05) is 25.3 Å². The molecule has 1 aromatic rings. The quantitative estimate of drug-likeness (QED) is 0.481. The third kappa shape index (κ3) is 3.53. The molecule has 110 valence electrons. The average Bonchev–Trinajstić information content (AvgIpc) is 2.47. The van der Waals surface area contributed by atoms with Crippen molar-refractivity contribution >= 4 is 5.91 Å². The van der Waals surface area contributed by atoms with E-state index >= 15 is 0 Å². The second-order valence-corrected chi connectivity index (χ2v) is 5.15. The molecule has 1 fully saturated rings. The largest absolute Gasteiger partial charge is 0.376 e. The number of pyridine rings is 1. The Morgan fingerprint density at radius 2 is 2.40 bits per heavy atom. The van der Waals surface area contributed by atoms with E-state index in [2.05, 4.69) is 29.2 Å². The maximum absolute atomic E-state index is 11.4. The highest BCUT2D eigenvalue weighted by atomic mass is 16.5. The lowest BCUT2D eigenvalue weighted by molar-refractivity contribution is -0.0595. The zero-order chi connectivity index (χ0) is 14.5.